The second kappa shape index (κ2) is 11.2. The first-order valence-corrected chi connectivity index (χ1v) is 14.7. The van der Waals surface area contributed by atoms with Crippen molar-refractivity contribution in [2.75, 3.05) is 30.4 Å². The van der Waals surface area contributed by atoms with Crippen molar-refractivity contribution < 1.29 is 24.2 Å². The minimum atomic E-state index is -0.675. The van der Waals surface area contributed by atoms with Gasteiger partial charge in [-0.25, -0.2) is 0 Å². The maximum atomic E-state index is 14.0. The van der Waals surface area contributed by atoms with Gasteiger partial charge in [-0.3, -0.25) is 14.4 Å². The quantitative estimate of drug-likeness (QED) is 0.383. The lowest BCUT2D eigenvalue weighted by atomic mass is 9.70. The average Bonchev–Trinajstić information content (AvgIpc) is 3.55. The number of para-hydroxylation sites is 1. The third-order valence-electron chi connectivity index (χ3n) is 8.32. The number of aliphatic hydroxyl groups is 1. The number of hydrogen-bond acceptors (Lipinski definition) is 6. The van der Waals surface area contributed by atoms with Crippen LogP contribution in [-0.2, 0) is 14.4 Å². The van der Waals surface area contributed by atoms with E-state index in [0.717, 1.165) is 29.0 Å². The zero-order valence-corrected chi connectivity index (χ0v) is 23.6. The van der Waals surface area contributed by atoms with Crippen molar-refractivity contribution in [2.45, 2.75) is 62.5 Å². The van der Waals surface area contributed by atoms with Crippen LogP contribution in [0.1, 0.15) is 43.7 Å². The first-order chi connectivity index (χ1) is 18.8. The van der Waals surface area contributed by atoms with E-state index in [1.54, 1.807) is 28.8 Å². The number of hydrogen-bond donors (Lipinski definition) is 3. The lowest BCUT2D eigenvalue weighted by molar-refractivity contribution is -0.138. The number of carbonyl (C=O) groups excluding carboxylic acids is 3. The molecule has 3 fully saturated rings. The number of rotatable bonds is 10. The molecule has 5 atom stereocenters. The van der Waals surface area contributed by atoms with Crippen LogP contribution in [0.5, 0.6) is 5.75 Å². The summed E-state index contributed by atoms with van der Waals surface area (Å²) in [4.78, 5) is 43.4. The number of likely N-dealkylation sites (tertiary alicyclic amines) is 1. The second-order valence-electron chi connectivity index (χ2n) is 10.7. The molecule has 1 spiro atoms. The molecule has 2 aromatic carbocycles. The highest BCUT2D eigenvalue weighted by Crippen LogP contribution is 2.66. The molecule has 208 valence electrons. The summed E-state index contributed by atoms with van der Waals surface area (Å²) in [5.41, 5.74) is 3.35. The lowest BCUT2D eigenvalue weighted by Crippen LogP contribution is -2.51. The Balaban J connectivity index is 1.43. The van der Waals surface area contributed by atoms with Crippen LogP contribution in [0.2, 0.25) is 0 Å². The van der Waals surface area contributed by atoms with Gasteiger partial charge in [-0.15, -0.1) is 11.8 Å². The number of benzene rings is 2. The number of ether oxygens (including phenoxy) is 1. The van der Waals surface area contributed by atoms with E-state index in [9.17, 15) is 19.5 Å². The Morgan fingerprint density at radius 3 is 2.46 bits per heavy atom. The maximum Gasteiger partial charge on any atom is 0.248 e. The van der Waals surface area contributed by atoms with Gasteiger partial charge in [0.05, 0.1) is 23.2 Å². The van der Waals surface area contributed by atoms with Crippen LogP contribution in [0.3, 0.4) is 0 Å². The number of thioether (sulfide) groups is 1. The minimum Gasteiger partial charge on any atom is -0.494 e. The predicted molar refractivity (Wildman–Crippen MR) is 153 cm³/mol. The third-order valence-corrected chi connectivity index (χ3v) is 10.3. The Morgan fingerprint density at radius 1 is 1.08 bits per heavy atom. The van der Waals surface area contributed by atoms with Crippen molar-refractivity contribution >= 4 is 40.9 Å². The van der Waals surface area contributed by atoms with Crippen LogP contribution in [0.4, 0.5) is 11.4 Å². The number of aliphatic hydroxyl groups excluding tert-OH is 1. The number of nitrogens with zero attached hydrogens (tertiary/aromatic N) is 1. The number of amides is 3. The zero-order chi connectivity index (χ0) is 27.7. The van der Waals surface area contributed by atoms with E-state index in [1.165, 1.54) is 0 Å². The molecule has 0 saturated carbocycles. The zero-order valence-electron chi connectivity index (χ0n) is 22.7. The first kappa shape index (κ1) is 27.5. The Hall–Kier alpha value is -3.04. The highest BCUT2D eigenvalue weighted by molar-refractivity contribution is 8.02. The number of fused-ring (bicyclic) bond motifs is 1. The van der Waals surface area contributed by atoms with Crippen molar-refractivity contribution in [1.82, 2.24) is 4.90 Å². The number of nitrogens with one attached hydrogen (secondary N) is 2. The molecular weight excluding hydrogens is 514 g/mol. The Labute approximate surface area is 233 Å². The summed E-state index contributed by atoms with van der Waals surface area (Å²) in [6, 6.07) is 12.4. The van der Waals surface area contributed by atoms with E-state index >= 15 is 0 Å². The van der Waals surface area contributed by atoms with Crippen LogP contribution < -0.4 is 15.4 Å². The van der Waals surface area contributed by atoms with E-state index in [4.69, 9.17) is 4.74 Å². The number of unbranched alkanes of at least 4 members (excludes halogenated alkanes) is 1. The summed E-state index contributed by atoms with van der Waals surface area (Å²) in [5, 5.41) is 15.5. The molecule has 3 aliphatic heterocycles. The van der Waals surface area contributed by atoms with Gasteiger partial charge in [0.15, 0.2) is 0 Å². The molecule has 3 saturated heterocycles. The van der Waals surface area contributed by atoms with E-state index in [1.807, 2.05) is 51.1 Å². The highest BCUT2D eigenvalue weighted by Gasteiger charge is 2.73. The van der Waals surface area contributed by atoms with Gasteiger partial charge >= 0.3 is 0 Å². The second-order valence-corrected chi connectivity index (χ2v) is 12.3. The molecule has 0 radical (unpaired) electrons. The standard InChI is InChI=1S/C30H37N3O5S/c1-4-38-21-12-10-20(11-13-21)31-27(35)23-22-14-15-30(39-22)24(23)29(37)33(16-5-6-17-34)26(30)28(36)32-25-18(2)8-7-9-19(25)3/h7-13,22-24,26,34H,4-6,14-17H2,1-3H3,(H,31,35)(H,32,36)/t22-,23+,24-,26?,30?/m0/s1. The fourth-order valence-corrected chi connectivity index (χ4v) is 8.84. The number of carbonyl (C=O) groups is 3. The molecule has 2 aromatic rings. The van der Waals surface area contributed by atoms with Crippen molar-refractivity contribution in [3.63, 3.8) is 0 Å². The first-order valence-electron chi connectivity index (χ1n) is 13.8. The molecular formula is C30H37N3O5S. The fraction of sp³-hybridized carbons (Fsp3) is 0.500. The van der Waals surface area contributed by atoms with E-state index in [2.05, 4.69) is 10.6 Å². The van der Waals surface area contributed by atoms with E-state index in [0.29, 0.717) is 38.1 Å². The van der Waals surface area contributed by atoms with Crippen molar-refractivity contribution in [3.8, 4) is 5.75 Å². The molecule has 39 heavy (non-hydrogen) atoms. The van der Waals surface area contributed by atoms with Gasteiger partial charge in [-0.2, -0.15) is 0 Å². The summed E-state index contributed by atoms with van der Waals surface area (Å²) in [6.45, 7) is 6.80. The van der Waals surface area contributed by atoms with Gasteiger partial charge in [0, 0.05) is 29.8 Å². The van der Waals surface area contributed by atoms with Gasteiger partial charge < -0.3 is 25.4 Å². The topological polar surface area (TPSA) is 108 Å². The van der Waals surface area contributed by atoms with Gasteiger partial charge in [-0.05, 0) is 81.8 Å². The van der Waals surface area contributed by atoms with Crippen molar-refractivity contribution in [2.24, 2.45) is 11.8 Å². The summed E-state index contributed by atoms with van der Waals surface area (Å²) in [5.74, 6) is -0.855. The van der Waals surface area contributed by atoms with Crippen LogP contribution in [-0.4, -0.2) is 63.5 Å². The maximum absolute atomic E-state index is 14.0. The van der Waals surface area contributed by atoms with Gasteiger partial charge in [0.25, 0.3) is 0 Å². The smallest absolute Gasteiger partial charge is 0.248 e. The van der Waals surface area contributed by atoms with E-state index in [-0.39, 0.29) is 29.6 Å². The molecule has 8 nitrogen and oxygen atoms in total. The third kappa shape index (κ3) is 4.91. The largest absolute Gasteiger partial charge is 0.494 e. The lowest BCUT2D eigenvalue weighted by Gasteiger charge is -2.34. The highest BCUT2D eigenvalue weighted by atomic mass is 32.2. The SMILES string of the molecule is CCOc1ccc(NC(=O)[C@@H]2[C@@H]3CCC4(S3)C(C(=O)Nc3c(C)cccc3C)N(CCCCO)C(=O)[C@H]24)cc1. The molecule has 3 amide bonds. The number of aryl methyl sites for hydroxylation is 2. The normalized spacial score (nSPS) is 27.0. The van der Waals surface area contributed by atoms with Gasteiger partial charge in [-0.1, -0.05) is 18.2 Å². The van der Waals surface area contributed by atoms with Crippen molar-refractivity contribution in [1.29, 1.82) is 0 Å². The average molecular weight is 552 g/mol. The van der Waals surface area contributed by atoms with Crippen LogP contribution >= 0.6 is 11.8 Å². The molecule has 3 heterocycles. The van der Waals surface area contributed by atoms with Crippen molar-refractivity contribution in [3.05, 3.63) is 53.6 Å². The molecule has 9 heteroatoms. The van der Waals surface area contributed by atoms with Crippen LogP contribution in [0, 0.1) is 25.7 Å². The summed E-state index contributed by atoms with van der Waals surface area (Å²) in [7, 11) is 0. The predicted octanol–water partition coefficient (Wildman–Crippen LogP) is 4.14. The monoisotopic (exact) mass is 551 g/mol. The summed E-state index contributed by atoms with van der Waals surface area (Å²) < 4.78 is 4.85. The molecule has 2 unspecified atom stereocenters. The van der Waals surface area contributed by atoms with Gasteiger partial charge in [0.1, 0.15) is 11.8 Å². The number of anilines is 2. The molecule has 2 bridgehead atoms. The molecule has 3 N–H and O–H groups in total. The summed E-state index contributed by atoms with van der Waals surface area (Å²) >= 11 is 1.65. The van der Waals surface area contributed by atoms with E-state index < -0.39 is 22.6 Å². The summed E-state index contributed by atoms with van der Waals surface area (Å²) in [6.07, 6.45) is 2.64. The molecule has 3 aliphatic rings. The van der Waals surface area contributed by atoms with Crippen LogP contribution in [0.15, 0.2) is 42.5 Å². The molecule has 0 aliphatic carbocycles. The minimum absolute atomic E-state index is 0.0169. The van der Waals surface area contributed by atoms with Crippen LogP contribution in [0.25, 0.3) is 0 Å². The Morgan fingerprint density at radius 2 is 1.79 bits per heavy atom. The Bertz CT molecular complexity index is 1230. The molecule has 5 rings (SSSR count). The fourth-order valence-electron chi connectivity index (χ4n) is 6.62. The Kier molecular flexibility index (Phi) is 7.91. The molecule has 0 aromatic heterocycles. The van der Waals surface area contributed by atoms with Gasteiger partial charge in [0.2, 0.25) is 17.7 Å².